The topological polar surface area (TPSA) is 123 Å². The van der Waals surface area contributed by atoms with Gasteiger partial charge in [-0.2, -0.15) is 0 Å². The van der Waals surface area contributed by atoms with E-state index in [1.54, 1.807) is 32.7 Å². The predicted octanol–water partition coefficient (Wildman–Crippen LogP) is 1.20. The number of piperidine rings is 1. The largest absolute Gasteiger partial charge is 0.444 e. The molecule has 0 aliphatic carbocycles. The van der Waals surface area contributed by atoms with Crippen LogP contribution in [0.4, 0.5) is 4.79 Å². The number of nitrogens with two attached hydrogens (primary N) is 1. The predicted molar refractivity (Wildman–Crippen MR) is 98.5 cm³/mol. The number of aromatic nitrogens is 1. The molecule has 1 saturated heterocycles. The summed E-state index contributed by atoms with van der Waals surface area (Å²) in [6.07, 6.45) is 2.26. The molecule has 0 spiro atoms. The Morgan fingerprint density at radius 2 is 2.04 bits per heavy atom. The number of amides is 2. The van der Waals surface area contributed by atoms with Crippen LogP contribution in [0, 0.1) is 0 Å². The van der Waals surface area contributed by atoms with Gasteiger partial charge in [0.1, 0.15) is 11.3 Å². The third kappa shape index (κ3) is 5.64. The smallest absolute Gasteiger partial charge is 0.410 e. The lowest BCUT2D eigenvalue weighted by Crippen LogP contribution is -2.51. The number of carbonyl (C=O) groups excluding carboxylic acids is 2. The van der Waals surface area contributed by atoms with Gasteiger partial charge in [0.15, 0.2) is 0 Å². The highest BCUT2D eigenvalue weighted by atomic mass is 32.2. The van der Waals surface area contributed by atoms with Crippen LogP contribution in [-0.4, -0.2) is 67.0 Å². The first-order chi connectivity index (χ1) is 12.4. The van der Waals surface area contributed by atoms with Crippen LogP contribution in [0.2, 0.25) is 0 Å². The number of likely N-dealkylation sites (N-methyl/N-ethyl adjacent to an activating group) is 1. The molecule has 1 aromatic rings. The lowest BCUT2D eigenvalue weighted by atomic mass is 10.0. The highest BCUT2D eigenvalue weighted by molar-refractivity contribution is 7.89. The number of hydrogen-bond acceptors (Lipinski definition) is 6. The van der Waals surface area contributed by atoms with Gasteiger partial charge < -0.3 is 14.5 Å². The fourth-order valence-electron chi connectivity index (χ4n) is 2.81. The lowest BCUT2D eigenvalue weighted by Gasteiger charge is -2.38. The standard InChI is InChI=1S/C17H26N4O5S/c1-17(2,3)26-16(23)21-9-5-6-12(11-21)20(4)15(22)14-10-13(7-8-19-14)27(18,24)25/h7-8,10,12H,5-6,9,11H2,1-4H3,(H2,18,24,25). The molecule has 1 aliphatic rings. The fraction of sp³-hybridized carbons (Fsp3) is 0.588. The number of likely N-dealkylation sites (tertiary alicyclic amines) is 1. The minimum atomic E-state index is -3.93. The second-order valence-electron chi connectivity index (χ2n) is 7.56. The number of rotatable bonds is 3. The summed E-state index contributed by atoms with van der Waals surface area (Å²) in [5.41, 5.74) is -0.609. The molecule has 0 aromatic carbocycles. The van der Waals surface area contributed by atoms with Gasteiger partial charge in [-0.1, -0.05) is 0 Å². The summed E-state index contributed by atoms with van der Waals surface area (Å²) < 4.78 is 28.4. The molecule has 1 fully saturated rings. The quantitative estimate of drug-likeness (QED) is 0.816. The van der Waals surface area contributed by atoms with Crippen LogP contribution in [0.3, 0.4) is 0 Å². The maximum Gasteiger partial charge on any atom is 0.410 e. The van der Waals surface area contributed by atoms with Crippen molar-refractivity contribution in [3.05, 3.63) is 24.0 Å². The highest BCUT2D eigenvalue weighted by Crippen LogP contribution is 2.20. The first kappa shape index (κ1) is 21.1. The average molecular weight is 398 g/mol. The Morgan fingerprint density at radius 3 is 2.63 bits per heavy atom. The third-order valence-corrected chi connectivity index (χ3v) is 5.11. The normalized spacial score (nSPS) is 18.1. The van der Waals surface area contributed by atoms with Gasteiger partial charge in [0, 0.05) is 32.4 Å². The number of hydrogen-bond donors (Lipinski definition) is 1. The molecule has 1 unspecified atom stereocenters. The molecule has 2 N–H and O–H groups in total. The van der Waals surface area contributed by atoms with Crippen molar-refractivity contribution >= 4 is 22.0 Å². The van der Waals surface area contributed by atoms with E-state index in [4.69, 9.17) is 9.88 Å². The molecular weight excluding hydrogens is 372 g/mol. The van der Waals surface area contributed by atoms with E-state index in [0.29, 0.717) is 13.1 Å². The number of carbonyl (C=O) groups is 2. The maximum absolute atomic E-state index is 12.7. The van der Waals surface area contributed by atoms with Crippen molar-refractivity contribution in [2.75, 3.05) is 20.1 Å². The minimum absolute atomic E-state index is 0.0154. The van der Waals surface area contributed by atoms with Crippen LogP contribution in [0.15, 0.2) is 23.2 Å². The van der Waals surface area contributed by atoms with E-state index in [1.165, 1.54) is 17.2 Å². The summed E-state index contributed by atoms with van der Waals surface area (Å²) in [6, 6.07) is 2.17. The Balaban J connectivity index is 2.11. The molecule has 2 heterocycles. The van der Waals surface area contributed by atoms with Crippen LogP contribution in [0.5, 0.6) is 0 Å². The lowest BCUT2D eigenvalue weighted by molar-refractivity contribution is 0.0122. The number of nitrogens with zero attached hydrogens (tertiary/aromatic N) is 3. The van der Waals surface area contributed by atoms with Crippen molar-refractivity contribution in [2.45, 2.75) is 50.2 Å². The van der Waals surface area contributed by atoms with Crippen molar-refractivity contribution < 1.29 is 22.7 Å². The molecule has 1 atom stereocenters. The Hall–Kier alpha value is -2.20. The molecular formula is C17H26N4O5S. The van der Waals surface area contributed by atoms with Gasteiger partial charge in [0.05, 0.1) is 4.90 Å². The molecule has 10 heteroatoms. The Kier molecular flexibility index (Phi) is 6.10. The van der Waals surface area contributed by atoms with Gasteiger partial charge in [-0.05, 0) is 45.7 Å². The molecule has 2 amide bonds. The molecule has 0 saturated carbocycles. The highest BCUT2D eigenvalue weighted by Gasteiger charge is 2.31. The van der Waals surface area contributed by atoms with Gasteiger partial charge in [-0.25, -0.2) is 18.4 Å². The molecule has 27 heavy (non-hydrogen) atoms. The van der Waals surface area contributed by atoms with E-state index < -0.39 is 27.6 Å². The molecule has 150 valence electrons. The van der Waals surface area contributed by atoms with Crippen molar-refractivity contribution in [1.29, 1.82) is 0 Å². The Labute approximate surface area is 159 Å². The zero-order chi connectivity index (χ0) is 20.4. The van der Waals surface area contributed by atoms with Crippen molar-refractivity contribution in [1.82, 2.24) is 14.8 Å². The molecule has 9 nitrogen and oxygen atoms in total. The first-order valence-electron chi connectivity index (χ1n) is 8.62. The van der Waals surface area contributed by atoms with Crippen LogP contribution in [0.1, 0.15) is 44.1 Å². The number of pyridine rings is 1. The fourth-order valence-corrected chi connectivity index (χ4v) is 3.34. The van der Waals surface area contributed by atoms with Gasteiger partial charge >= 0.3 is 6.09 Å². The van der Waals surface area contributed by atoms with E-state index in [-0.39, 0.29) is 16.6 Å². The van der Waals surface area contributed by atoms with E-state index >= 15 is 0 Å². The van der Waals surface area contributed by atoms with Crippen molar-refractivity contribution in [2.24, 2.45) is 5.14 Å². The summed E-state index contributed by atoms with van der Waals surface area (Å²) in [6.45, 7) is 6.29. The summed E-state index contributed by atoms with van der Waals surface area (Å²) >= 11 is 0. The Bertz CT molecular complexity index is 819. The number of sulfonamides is 1. The van der Waals surface area contributed by atoms with Gasteiger partial charge in [0.2, 0.25) is 10.0 Å². The third-order valence-electron chi connectivity index (χ3n) is 4.20. The first-order valence-corrected chi connectivity index (χ1v) is 10.2. The van der Waals surface area contributed by atoms with Crippen molar-refractivity contribution in [3.8, 4) is 0 Å². The van der Waals surface area contributed by atoms with E-state index in [0.717, 1.165) is 18.9 Å². The summed E-state index contributed by atoms with van der Waals surface area (Å²) in [7, 11) is -2.32. The zero-order valence-electron chi connectivity index (χ0n) is 16.0. The summed E-state index contributed by atoms with van der Waals surface area (Å²) in [4.78, 5) is 31.8. The van der Waals surface area contributed by atoms with Crippen LogP contribution in [-0.2, 0) is 14.8 Å². The molecule has 1 aromatic heterocycles. The SMILES string of the molecule is CN(C(=O)c1cc(S(N)(=O)=O)ccn1)C1CCCN(C(=O)OC(C)(C)C)C1. The molecule has 0 bridgehead atoms. The van der Waals surface area contributed by atoms with E-state index in [2.05, 4.69) is 4.98 Å². The molecule has 1 aliphatic heterocycles. The number of primary sulfonamides is 1. The van der Waals surface area contributed by atoms with Crippen LogP contribution >= 0.6 is 0 Å². The van der Waals surface area contributed by atoms with Crippen molar-refractivity contribution in [3.63, 3.8) is 0 Å². The van der Waals surface area contributed by atoms with E-state index in [9.17, 15) is 18.0 Å². The van der Waals surface area contributed by atoms with Gasteiger partial charge in [0.25, 0.3) is 5.91 Å². The average Bonchev–Trinajstić information content (AvgIpc) is 2.58. The second-order valence-corrected chi connectivity index (χ2v) is 9.12. The maximum atomic E-state index is 12.7. The zero-order valence-corrected chi connectivity index (χ0v) is 16.8. The number of ether oxygens (including phenoxy) is 1. The van der Waals surface area contributed by atoms with E-state index in [1.807, 2.05) is 0 Å². The van der Waals surface area contributed by atoms with Gasteiger partial charge in [-0.3, -0.25) is 9.78 Å². The molecule has 2 rings (SSSR count). The monoisotopic (exact) mass is 398 g/mol. The van der Waals surface area contributed by atoms with Gasteiger partial charge in [-0.15, -0.1) is 0 Å². The Morgan fingerprint density at radius 1 is 1.37 bits per heavy atom. The van der Waals surface area contributed by atoms with Crippen LogP contribution in [0.25, 0.3) is 0 Å². The second kappa shape index (κ2) is 7.81. The minimum Gasteiger partial charge on any atom is -0.444 e. The molecule has 0 radical (unpaired) electrons. The van der Waals surface area contributed by atoms with Crippen LogP contribution < -0.4 is 5.14 Å². The summed E-state index contributed by atoms with van der Waals surface area (Å²) in [5.74, 6) is -0.434. The summed E-state index contributed by atoms with van der Waals surface area (Å²) in [5, 5.41) is 5.11.